The summed E-state index contributed by atoms with van der Waals surface area (Å²) in [4.78, 5) is 26.4. The van der Waals surface area contributed by atoms with Crippen LogP contribution in [0.1, 0.15) is 50.4 Å². The third kappa shape index (κ3) is 3.40. The van der Waals surface area contributed by atoms with Gasteiger partial charge < -0.3 is 14.7 Å². The number of esters is 1. The van der Waals surface area contributed by atoms with Crippen LogP contribution in [-0.2, 0) is 9.53 Å². The van der Waals surface area contributed by atoms with Crippen molar-refractivity contribution >= 4 is 11.9 Å². The van der Waals surface area contributed by atoms with Crippen molar-refractivity contribution in [3.63, 3.8) is 0 Å². The predicted molar refractivity (Wildman–Crippen MR) is 89.6 cm³/mol. The molecule has 0 radical (unpaired) electrons. The van der Waals surface area contributed by atoms with Gasteiger partial charge in [0.05, 0.1) is 5.56 Å². The minimum Gasteiger partial charge on any atom is -0.508 e. The molecule has 3 rings (SSSR count). The Bertz CT molecular complexity index is 652. The Labute approximate surface area is 142 Å². The summed E-state index contributed by atoms with van der Waals surface area (Å²) in [5.41, 5.74) is 0.743. The van der Waals surface area contributed by atoms with Gasteiger partial charge in [0, 0.05) is 12.6 Å². The molecule has 2 bridgehead atoms. The number of rotatable bonds is 3. The highest BCUT2D eigenvalue weighted by molar-refractivity contribution is 5.91. The fourth-order valence-electron chi connectivity index (χ4n) is 4.64. The van der Waals surface area contributed by atoms with Crippen molar-refractivity contribution in [2.45, 2.75) is 46.1 Å². The lowest BCUT2D eigenvalue weighted by atomic mass is 9.65. The van der Waals surface area contributed by atoms with E-state index in [1.165, 1.54) is 24.3 Å². The first-order valence-electron chi connectivity index (χ1n) is 8.43. The number of carbonyl (C=O) groups is 2. The van der Waals surface area contributed by atoms with Crippen LogP contribution in [0.25, 0.3) is 0 Å². The van der Waals surface area contributed by atoms with Crippen molar-refractivity contribution in [2.75, 3.05) is 13.2 Å². The molecule has 1 N–H and O–H groups in total. The summed E-state index contributed by atoms with van der Waals surface area (Å²) < 4.78 is 5.16. The van der Waals surface area contributed by atoms with Crippen molar-refractivity contribution in [3.05, 3.63) is 29.8 Å². The van der Waals surface area contributed by atoms with Crippen LogP contribution < -0.4 is 0 Å². The van der Waals surface area contributed by atoms with Crippen molar-refractivity contribution in [3.8, 4) is 5.75 Å². The molecule has 1 amide bonds. The summed E-state index contributed by atoms with van der Waals surface area (Å²) in [6.07, 6.45) is 3.15. The monoisotopic (exact) mass is 331 g/mol. The van der Waals surface area contributed by atoms with Gasteiger partial charge in [-0.25, -0.2) is 4.79 Å². The van der Waals surface area contributed by atoms with Gasteiger partial charge in [-0.05, 0) is 54.4 Å². The molecule has 24 heavy (non-hydrogen) atoms. The van der Waals surface area contributed by atoms with E-state index >= 15 is 0 Å². The summed E-state index contributed by atoms with van der Waals surface area (Å²) in [6, 6.07) is 6.05. The zero-order valence-corrected chi connectivity index (χ0v) is 14.5. The van der Waals surface area contributed by atoms with E-state index in [4.69, 9.17) is 4.74 Å². The Kier molecular flexibility index (Phi) is 4.06. The van der Waals surface area contributed by atoms with Gasteiger partial charge in [-0.1, -0.05) is 20.8 Å². The van der Waals surface area contributed by atoms with E-state index < -0.39 is 5.97 Å². The number of aromatic hydroxyl groups is 1. The lowest BCUT2D eigenvalue weighted by Crippen LogP contribution is -2.39. The highest BCUT2D eigenvalue weighted by atomic mass is 16.5. The molecule has 130 valence electrons. The number of phenolic OH excluding ortho intramolecular Hbond substituents is 1. The summed E-state index contributed by atoms with van der Waals surface area (Å²) in [6.45, 7) is 7.28. The molecule has 1 aliphatic carbocycles. The Morgan fingerprint density at radius 1 is 1.21 bits per heavy atom. The normalized spacial score (nSPS) is 27.8. The first-order chi connectivity index (χ1) is 11.2. The van der Waals surface area contributed by atoms with Crippen LogP contribution >= 0.6 is 0 Å². The Morgan fingerprint density at radius 3 is 2.54 bits per heavy atom. The molecule has 2 atom stereocenters. The number of nitrogens with zero attached hydrogens (tertiary/aromatic N) is 1. The summed E-state index contributed by atoms with van der Waals surface area (Å²) >= 11 is 0. The molecule has 1 aromatic carbocycles. The van der Waals surface area contributed by atoms with Crippen LogP contribution in [-0.4, -0.2) is 41.1 Å². The molecule has 0 aromatic heterocycles. The maximum atomic E-state index is 12.5. The van der Waals surface area contributed by atoms with Gasteiger partial charge in [0.15, 0.2) is 6.61 Å². The van der Waals surface area contributed by atoms with Gasteiger partial charge in [0.2, 0.25) is 0 Å². The van der Waals surface area contributed by atoms with Crippen molar-refractivity contribution in [1.82, 2.24) is 4.90 Å². The zero-order valence-electron chi connectivity index (χ0n) is 14.5. The molecule has 1 heterocycles. The molecular weight excluding hydrogens is 306 g/mol. The fraction of sp³-hybridized carbons (Fsp3) is 0.579. The molecule has 5 nitrogen and oxygen atoms in total. The number of likely N-dealkylation sites (tertiary alicyclic amines) is 1. The van der Waals surface area contributed by atoms with E-state index in [-0.39, 0.29) is 35.1 Å². The van der Waals surface area contributed by atoms with E-state index in [0.717, 1.165) is 25.8 Å². The van der Waals surface area contributed by atoms with Gasteiger partial charge in [-0.2, -0.15) is 0 Å². The van der Waals surface area contributed by atoms with Crippen LogP contribution in [0.15, 0.2) is 24.3 Å². The van der Waals surface area contributed by atoms with Crippen LogP contribution in [0, 0.1) is 10.8 Å². The predicted octanol–water partition coefficient (Wildman–Crippen LogP) is 2.98. The second-order valence-electron chi connectivity index (χ2n) is 8.36. The minimum absolute atomic E-state index is 0.0860. The molecule has 1 saturated carbocycles. The van der Waals surface area contributed by atoms with Gasteiger partial charge in [0.1, 0.15) is 5.75 Å². The molecular formula is C19H25NO4. The maximum Gasteiger partial charge on any atom is 0.338 e. The molecule has 0 spiro atoms. The molecule has 1 aliphatic heterocycles. The fourth-order valence-corrected chi connectivity index (χ4v) is 4.64. The molecule has 1 saturated heterocycles. The van der Waals surface area contributed by atoms with Crippen LogP contribution in [0.5, 0.6) is 5.75 Å². The number of hydrogen-bond acceptors (Lipinski definition) is 4. The first kappa shape index (κ1) is 16.8. The third-order valence-electron chi connectivity index (χ3n) is 5.16. The Morgan fingerprint density at radius 2 is 1.88 bits per heavy atom. The molecule has 0 unspecified atom stereocenters. The van der Waals surface area contributed by atoms with E-state index in [0.29, 0.717) is 5.56 Å². The highest BCUT2D eigenvalue weighted by Crippen LogP contribution is 2.52. The number of carbonyl (C=O) groups excluding carboxylic acids is 2. The number of fused-ring (bicyclic) bond motifs is 2. The Balaban J connectivity index is 1.60. The lowest BCUT2D eigenvalue weighted by molar-refractivity contribution is -0.135. The van der Waals surface area contributed by atoms with Crippen molar-refractivity contribution in [1.29, 1.82) is 0 Å². The third-order valence-corrected chi connectivity index (χ3v) is 5.16. The van der Waals surface area contributed by atoms with E-state index in [9.17, 15) is 14.7 Å². The first-order valence-corrected chi connectivity index (χ1v) is 8.43. The van der Waals surface area contributed by atoms with Gasteiger partial charge in [0.25, 0.3) is 5.91 Å². The van der Waals surface area contributed by atoms with Crippen LogP contribution in [0.4, 0.5) is 0 Å². The van der Waals surface area contributed by atoms with E-state index in [1.807, 2.05) is 4.90 Å². The standard InChI is InChI=1S/C19H25NO4/c1-18(2)8-14-9-19(3,11-18)12-20(14)16(22)10-24-17(23)13-4-6-15(21)7-5-13/h4-7,14,21H,8-12H2,1-3H3/t14-,19-/m1/s1. The average molecular weight is 331 g/mol. The number of hydrogen-bond donors (Lipinski definition) is 1. The van der Waals surface area contributed by atoms with Gasteiger partial charge in [-0.3, -0.25) is 4.79 Å². The Hall–Kier alpha value is -2.04. The summed E-state index contributed by atoms with van der Waals surface area (Å²) in [7, 11) is 0. The topological polar surface area (TPSA) is 66.8 Å². The second kappa shape index (κ2) is 5.80. The quantitative estimate of drug-likeness (QED) is 0.865. The lowest BCUT2D eigenvalue weighted by Gasteiger charge is -2.39. The van der Waals surface area contributed by atoms with Crippen molar-refractivity contribution < 1.29 is 19.4 Å². The molecule has 2 fully saturated rings. The van der Waals surface area contributed by atoms with Crippen LogP contribution in [0.3, 0.4) is 0 Å². The van der Waals surface area contributed by atoms with E-state index in [2.05, 4.69) is 20.8 Å². The number of ether oxygens (including phenoxy) is 1. The highest BCUT2D eigenvalue weighted by Gasteiger charge is 2.50. The number of benzene rings is 1. The van der Waals surface area contributed by atoms with Gasteiger partial charge >= 0.3 is 5.97 Å². The zero-order chi connectivity index (χ0) is 17.5. The SMILES string of the molecule is CC1(C)C[C@@H]2C[C@@](C)(CN2C(=O)COC(=O)c2ccc(O)cc2)C1. The van der Waals surface area contributed by atoms with Crippen molar-refractivity contribution in [2.24, 2.45) is 10.8 Å². The smallest absolute Gasteiger partial charge is 0.338 e. The van der Waals surface area contributed by atoms with Crippen LogP contribution in [0.2, 0.25) is 0 Å². The number of phenols is 1. The van der Waals surface area contributed by atoms with E-state index in [1.54, 1.807) is 0 Å². The molecule has 5 heteroatoms. The summed E-state index contributed by atoms with van der Waals surface area (Å²) in [5.74, 6) is -0.576. The maximum absolute atomic E-state index is 12.5. The van der Waals surface area contributed by atoms with Gasteiger partial charge in [-0.15, -0.1) is 0 Å². The molecule has 1 aromatic rings. The molecule has 2 aliphatic rings. The number of amides is 1. The second-order valence-corrected chi connectivity index (χ2v) is 8.36. The average Bonchev–Trinajstić information content (AvgIpc) is 2.74. The largest absolute Gasteiger partial charge is 0.508 e. The summed E-state index contributed by atoms with van der Waals surface area (Å²) in [5, 5.41) is 9.24. The minimum atomic E-state index is -0.544.